The van der Waals surface area contributed by atoms with E-state index in [1.807, 2.05) is 19.2 Å². The second-order valence-corrected chi connectivity index (χ2v) is 8.03. The van der Waals surface area contributed by atoms with E-state index in [-0.39, 0.29) is 5.91 Å². The van der Waals surface area contributed by atoms with Gasteiger partial charge in [-0.05, 0) is 63.4 Å². The van der Waals surface area contributed by atoms with E-state index >= 15 is 0 Å². The number of fused-ring (bicyclic) bond motifs is 1. The highest BCUT2D eigenvalue weighted by molar-refractivity contribution is 5.92. The third-order valence-corrected chi connectivity index (χ3v) is 5.94. The molecule has 3 heterocycles. The Morgan fingerprint density at radius 2 is 1.97 bits per heavy atom. The summed E-state index contributed by atoms with van der Waals surface area (Å²) < 4.78 is 2.06. The number of rotatable bonds is 6. The van der Waals surface area contributed by atoms with E-state index in [0.717, 1.165) is 41.4 Å². The van der Waals surface area contributed by atoms with Crippen LogP contribution < -0.4 is 16.0 Å². The van der Waals surface area contributed by atoms with Crippen LogP contribution in [-0.2, 0) is 11.3 Å². The lowest BCUT2D eigenvalue weighted by atomic mass is 10.0. The second kappa shape index (κ2) is 7.87. The van der Waals surface area contributed by atoms with E-state index in [1.54, 1.807) is 0 Å². The molecule has 2 aromatic heterocycles. The number of hydrogen-bond acceptors (Lipinski definition) is 4. The van der Waals surface area contributed by atoms with Crippen molar-refractivity contribution < 1.29 is 4.79 Å². The molecule has 0 bridgehead atoms. The van der Waals surface area contributed by atoms with Gasteiger partial charge in [-0.1, -0.05) is 18.2 Å². The number of benzene rings is 1. The van der Waals surface area contributed by atoms with Crippen LogP contribution in [0.5, 0.6) is 0 Å². The molecule has 0 aliphatic carbocycles. The fourth-order valence-corrected chi connectivity index (χ4v) is 3.84. The number of carbonyl (C=O) groups is 1. The van der Waals surface area contributed by atoms with E-state index in [0.29, 0.717) is 19.0 Å². The van der Waals surface area contributed by atoms with Gasteiger partial charge in [0.05, 0.1) is 17.1 Å². The first-order valence-electron chi connectivity index (χ1n) is 10.2. The fraction of sp³-hybridized carbons (Fsp3) is 0.391. The number of hydrogen-bond donors (Lipinski definition) is 3. The molecule has 1 fully saturated rings. The Kier molecular flexibility index (Phi) is 5.28. The Morgan fingerprint density at radius 3 is 2.62 bits per heavy atom. The van der Waals surface area contributed by atoms with Crippen LogP contribution >= 0.6 is 0 Å². The van der Waals surface area contributed by atoms with Gasteiger partial charge in [-0.15, -0.1) is 0 Å². The molecule has 0 spiro atoms. The first-order chi connectivity index (χ1) is 13.9. The summed E-state index contributed by atoms with van der Waals surface area (Å²) >= 11 is 0. The van der Waals surface area contributed by atoms with Crippen molar-refractivity contribution >= 4 is 22.9 Å². The largest absolute Gasteiger partial charge is 0.378 e. The standard InChI is InChI=1S/C23H29N5O/c1-14-6-5-7-15(2)20(14)12-25-21-10-19(27-22(29)11-18-8-9-24-18)13-28-17(4)16(3)26-23(21)28/h5-7,10,13,18,24-25H,8-9,11-12H2,1-4H3,(H,27,29)/t18-/m1/s1. The number of nitrogens with zero attached hydrogens (tertiary/aromatic N) is 2. The number of anilines is 2. The molecule has 0 unspecified atom stereocenters. The van der Waals surface area contributed by atoms with Crippen LogP contribution in [0.3, 0.4) is 0 Å². The van der Waals surface area contributed by atoms with E-state index in [9.17, 15) is 4.79 Å². The van der Waals surface area contributed by atoms with E-state index in [1.165, 1.54) is 16.7 Å². The van der Waals surface area contributed by atoms with Gasteiger partial charge in [0, 0.05) is 30.9 Å². The van der Waals surface area contributed by atoms with Crippen LogP contribution in [0.2, 0.25) is 0 Å². The Balaban J connectivity index is 1.62. The van der Waals surface area contributed by atoms with Gasteiger partial charge in [0.1, 0.15) is 0 Å². The molecule has 6 heteroatoms. The summed E-state index contributed by atoms with van der Waals surface area (Å²) in [7, 11) is 0. The number of aryl methyl sites for hydroxylation is 4. The first kappa shape index (κ1) is 19.5. The van der Waals surface area contributed by atoms with Crippen molar-refractivity contribution in [2.75, 3.05) is 17.2 Å². The number of imidazole rings is 1. The molecule has 3 N–H and O–H groups in total. The van der Waals surface area contributed by atoms with Crippen molar-refractivity contribution in [1.82, 2.24) is 14.7 Å². The molecule has 1 saturated heterocycles. The van der Waals surface area contributed by atoms with Crippen LogP contribution in [0.15, 0.2) is 30.5 Å². The molecule has 1 amide bonds. The molecule has 1 aromatic carbocycles. The van der Waals surface area contributed by atoms with Gasteiger partial charge in [-0.2, -0.15) is 0 Å². The Hall–Kier alpha value is -2.86. The normalized spacial score (nSPS) is 15.9. The fourth-order valence-electron chi connectivity index (χ4n) is 3.84. The topological polar surface area (TPSA) is 70.5 Å². The third-order valence-electron chi connectivity index (χ3n) is 5.94. The molecule has 0 saturated carbocycles. The summed E-state index contributed by atoms with van der Waals surface area (Å²) in [5, 5.41) is 9.90. The zero-order valence-corrected chi connectivity index (χ0v) is 17.6. The highest BCUT2D eigenvalue weighted by Gasteiger charge is 2.20. The van der Waals surface area contributed by atoms with Crippen LogP contribution in [-0.4, -0.2) is 27.9 Å². The van der Waals surface area contributed by atoms with Gasteiger partial charge >= 0.3 is 0 Å². The average molecular weight is 392 g/mol. The summed E-state index contributed by atoms with van der Waals surface area (Å²) in [4.78, 5) is 17.2. The first-order valence-corrected chi connectivity index (χ1v) is 10.2. The lowest BCUT2D eigenvalue weighted by Crippen LogP contribution is -2.44. The van der Waals surface area contributed by atoms with E-state index in [4.69, 9.17) is 4.98 Å². The van der Waals surface area contributed by atoms with Gasteiger partial charge in [0.15, 0.2) is 5.65 Å². The molecule has 6 nitrogen and oxygen atoms in total. The summed E-state index contributed by atoms with van der Waals surface area (Å²) in [6, 6.07) is 8.64. The lowest BCUT2D eigenvalue weighted by molar-refractivity contribution is -0.117. The smallest absolute Gasteiger partial charge is 0.225 e. The highest BCUT2D eigenvalue weighted by Crippen LogP contribution is 2.26. The van der Waals surface area contributed by atoms with E-state index in [2.05, 4.69) is 59.3 Å². The summed E-state index contributed by atoms with van der Waals surface area (Å²) in [5.41, 5.74) is 8.47. The monoisotopic (exact) mass is 391 g/mol. The zero-order chi connectivity index (χ0) is 20.5. The summed E-state index contributed by atoms with van der Waals surface area (Å²) in [6.45, 7) is 10.0. The quantitative estimate of drug-likeness (QED) is 0.597. The maximum Gasteiger partial charge on any atom is 0.225 e. The average Bonchev–Trinajstić information content (AvgIpc) is 2.93. The number of carbonyl (C=O) groups excluding carboxylic acids is 1. The molecule has 152 valence electrons. The maximum absolute atomic E-state index is 12.4. The molecule has 3 aromatic rings. The minimum atomic E-state index is 0.0386. The summed E-state index contributed by atoms with van der Waals surface area (Å²) in [5.74, 6) is 0.0386. The summed E-state index contributed by atoms with van der Waals surface area (Å²) in [6.07, 6.45) is 3.53. The van der Waals surface area contributed by atoms with Crippen molar-refractivity contribution in [2.45, 2.75) is 53.1 Å². The van der Waals surface area contributed by atoms with Crippen LogP contribution in [0.1, 0.15) is 40.9 Å². The van der Waals surface area contributed by atoms with Crippen molar-refractivity contribution in [1.29, 1.82) is 0 Å². The Morgan fingerprint density at radius 1 is 1.24 bits per heavy atom. The molecule has 1 aliphatic heterocycles. The van der Waals surface area contributed by atoms with Crippen molar-refractivity contribution in [3.05, 3.63) is 58.5 Å². The van der Waals surface area contributed by atoms with Crippen LogP contribution in [0.4, 0.5) is 11.4 Å². The molecule has 1 aliphatic rings. The van der Waals surface area contributed by atoms with E-state index < -0.39 is 0 Å². The molecule has 29 heavy (non-hydrogen) atoms. The van der Waals surface area contributed by atoms with Crippen molar-refractivity contribution in [2.24, 2.45) is 0 Å². The molecular formula is C23H29N5O. The molecular weight excluding hydrogens is 362 g/mol. The second-order valence-electron chi connectivity index (χ2n) is 8.03. The number of pyridine rings is 1. The zero-order valence-electron chi connectivity index (χ0n) is 17.6. The minimum Gasteiger partial charge on any atom is -0.378 e. The van der Waals surface area contributed by atoms with Gasteiger partial charge in [-0.3, -0.25) is 4.79 Å². The van der Waals surface area contributed by atoms with Gasteiger partial charge in [-0.25, -0.2) is 4.98 Å². The number of nitrogens with one attached hydrogen (secondary N) is 3. The van der Waals surface area contributed by atoms with Gasteiger partial charge in [0.2, 0.25) is 5.91 Å². The van der Waals surface area contributed by atoms with Gasteiger partial charge < -0.3 is 20.4 Å². The van der Waals surface area contributed by atoms with Crippen LogP contribution in [0.25, 0.3) is 5.65 Å². The van der Waals surface area contributed by atoms with Crippen molar-refractivity contribution in [3.8, 4) is 0 Å². The molecule has 0 radical (unpaired) electrons. The molecule has 4 rings (SSSR count). The van der Waals surface area contributed by atoms with Crippen molar-refractivity contribution in [3.63, 3.8) is 0 Å². The Labute approximate surface area is 171 Å². The highest BCUT2D eigenvalue weighted by atomic mass is 16.1. The Bertz CT molecular complexity index is 1040. The lowest BCUT2D eigenvalue weighted by Gasteiger charge is -2.26. The minimum absolute atomic E-state index is 0.0386. The third kappa shape index (κ3) is 3.98. The predicted octanol–water partition coefficient (Wildman–Crippen LogP) is 3.87. The number of aromatic nitrogens is 2. The van der Waals surface area contributed by atoms with Gasteiger partial charge in [0.25, 0.3) is 0 Å². The SMILES string of the molecule is Cc1cccc(C)c1CNc1cc(NC(=O)C[C@H]2CCN2)cn2c(C)c(C)nc12. The maximum atomic E-state index is 12.4. The predicted molar refractivity (Wildman–Crippen MR) is 118 cm³/mol. The van der Waals surface area contributed by atoms with Crippen LogP contribution in [0, 0.1) is 27.7 Å². The molecule has 1 atom stereocenters. The number of amides is 1.